The van der Waals surface area contributed by atoms with Crippen LogP contribution in [-0.4, -0.2) is 30.1 Å². The van der Waals surface area contributed by atoms with Crippen molar-refractivity contribution in [1.82, 2.24) is 0 Å². The first-order valence-electron chi connectivity index (χ1n) is 18.6. The summed E-state index contributed by atoms with van der Waals surface area (Å²) in [5, 5.41) is 0. The number of carbonyl (C=O) groups excluding carboxylic acids is 4. The van der Waals surface area contributed by atoms with E-state index < -0.39 is 0 Å². The number of rotatable bonds is 25. The molecule has 0 heterocycles. The van der Waals surface area contributed by atoms with Crippen LogP contribution in [0.4, 0.5) is 0 Å². The van der Waals surface area contributed by atoms with Crippen molar-refractivity contribution >= 4 is 23.5 Å². The molecule has 1 aliphatic rings. The Morgan fingerprint density at radius 3 is 1.29 bits per heavy atom. The number of ketones is 2. The lowest BCUT2D eigenvalue weighted by Gasteiger charge is -2.14. The normalized spacial score (nSPS) is 11.9. The average molecular weight is 667 g/mol. The first-order valence-corrected chi connectivity index (χ1v) is 18.6. The molecule has 6 heteroatoms. The van der Waals surface area contributed by atoms with Crippen LogP contribution in [0.1, 0.15) is 138 Å². The van der Waals surface area contributed by atoms with Crippen LogP contribution in [0, 0.1) is 0 Å². The van der Waals surface area contributed by atoms with Crippen LogP contribution in [0.25, 0.3) is 11.1 Å². The topological polar surface area (TPSA) is 86.7 Å². The molecule has 49 heavy (non-hydrogen) atoms. The van der Waals surface area contributed by atoms with Crippen LogP contribution in [0.2, 0.25) is 0 Å². The molecule has 0 amide bonds. The number of carbonyl (C=O) groups is 4. The van der Waals surface area contributed by atoms with Crippen molar-refractivity contribution in [3.63, 3.8) is 0 Å². The summed E-state index contributed by atoms with van der Waals surface area (Å²) in [5.41, 5.74) is 5.90. The van der Waals surface area contributed by atoms with Crippen molar-refractivity contribution in [1.29, 1.82) is 0 Å². The van der Waals surface area contributed by atoms with Gasteiger partial charge in [0.15, 0.2) is 0 Å². The minimum absolute atomic E-state index is 0.0910. The first kappa shape index (κ1) is 37.8. The summed E-state index contributed by atoms with van der Waals surface area (Å²) in [7, 11) is 0. The van der Waals surface area contributed by atoms with Crippen LogP contribution >= 0.6 is 0 Å². The Labute approximate surface area is 293 Å². The highest BCUT2D eigenvalue weighted by atomic mass is 16.5. The summed E-state index contributed by atoms with van der Waals surface area (Å²) in [6, 6.07) is 26.4. The molecule has 0 aromatic heterocycles. The summed E-state index contributed by atoms with van der Waals surface area (Å²) < 4.78 is 11.0. The highest BCUT2D eigenvalue weighted by molar-refractivity contribution is 5.80. The Hall–Kier alpha value is -4.06. The smallest absolute Gasteiger partial charge is 0.306 e. The lowest BCUT2D eigenvalue weighted by Crippen LogP contribution is -2.12. The van der Waals surface area contributed by atoms with Gasteiger partial charge in [-0.1, -0.05) is 117 Å². The molecule has 3 aromatic carbocycles. The summed E-state index contributed by atoms with van der Waals surface area (Å²) in [5.74, 6) is 0.412. The van der Waals surface area contributed by atoms with Crippen molar-refractivity contribution < 1.29 is 28.7 Å². The van der Waals surface area contributed by atoms with Crippen molar-refractivity contribution in [3.05, 3.63) is 95.6 Å². The number of benzene rings is 3. The van der Waals surface area contributed by atoms with Gasteiger partial charge in [0.05, 0.1) is 0 Å². The van der Waals surface area contributed by atoms with Gasteiger partial charge in [-0.15, -0.1) is 0 Å². The van der Waals surface area contributed by atoms with Crippen molar-refractivity contribution in [2.75, 3.05) is 6.61 Å². The monoisotopic (exact) mass is 666 g/mol. The fraction of sp³-hybridized carbons (Fsp3) is 0.488. The fourth-order valence-corrected chi connectivity index (χ4v) is 6.64. The first-order chi connectivity index (χ1) is 24.0. The molecule has 0 N–H and O–H groups in total. The third kappa shape index (κ3) is 13.8. The molecule has 0 aliphatic heterocycles. The van der Waals surface area contributed by atoms with E-state index in [4.69, 9.17) is 9.47 Å². The number of hydrogen-bond acceptors (Lipinski definition) is 6. The van der Waals surface area contributed by atoms with Crippen molar-refractivity contribution in [3.8, 4) is 11.1 Å². The average Bonchev–Trinajstić information content (AvgIpc) is 3.44. The predicted octanol–water partition coefficient (Wildman–Crippen LogP) is 10.2. The zero-order valence-electron chi connectivity index (χ0n) is 29.2. The van der Waals surface area contributed by atoms with Gasteiger partial charge < -0.3 is 9.47 Å². The molecule has 0 atom stereocenters. The van der Waals surface area contributed by atoms with Gasteiger partial charge in [0.25, 0.3) is 0 Å². The van der Waals surface area contributed by atoms with Gasteiger partial charge in [-0.05, 0) is 66.3 Å². The maximum atomic E-state index is 12.4. The molecular weight excluding hydrogens is 612 g/mol. The Bertz CT molecular complexity index is 1420. The maximum Gasteiger partial charge on any atom is 0.306 e. The summed E-state index contributed by atoms with van der Waals surface area (Å²) in [6.07, 6.45) is 14.2. The number of ether oxygens (including phenoxy) is 2. The zero-order chi connectivity index (χ0) is 34.5. The van der Waals surface area contributed by atoms with E-state index in [0.717, 1.165) is 82.6 Å². The van der Waals surface area contributed by atoms with Crippen LogP contribution in [0.15, 0.2) is 78.9 Å². The SMILES string of the molecule is O=C(CCCCCCC(=O)CCCCCCC(=O)OCC1c2ccccc2-c2ccccc21)CCCCCCC(=O)OCc1ccccc1. The van der Waals surface area contributed by atoms with Crippen LogP contribution in [0.3, 0.4) is 0 Å². The number of unbranched alkanes of at least 4 members (excludes halogenated alkanes) is 9. The van der Waals surface area contributed by atoms with Gasteiger partial charge >= 0.3 is 11.9 Å². The molecule has 0 radical (unpaired) electrons. The molecule has 0 unspecified atom stereocenters. The molecule has 262 valence electrons. The molecule has 0 saturated heterocycles. The molecule has 1 aliphatic carbocycles. The van der Waals surface area contributed by atoms with Crippen LogP contribution < -0.4 is 0 Å². The second kappa shape index (κ2) is 21.8. The highest BCUT2D eigenvalue weighted by Gasteiger charge is 2.28. The van der Waals surface area contributed by atoms with Gasteiger partial charge in [0.2, 0.25) is 0 Å². The van der Waals surface area contributed by atoms with E-state index >= 15 is 0 Å². The zero-order valence-corrected chi connectivity index (χ0v) is 29.2. The van der Waals surface area contributed by atoms with E-state index in [2.05, 4.69) is 36.4 Å². The quantitative estimate of drug-likeness (QED) is 0.0661. The van der Waals surface area contributed by atoms with Gasteiger partial charge in [0, 0.05) is 44.4 Å². The third-order valence-electron chi connectivity index (χ3n) is 9.45. The molecule has 0 spiro atoms. The molecular formula is C43H54O6. The van der Waals surface area contributed by atoms with E-state index in [-0.39, 0.29) is 17.9 Å². The van der Waals surface area contributed by atoms with Gasteiger partial charge in [-0.25, -0.2) is 0 Å². The predicted molar refractivity (Wildman–Crippen MR) is 194 cm³/mol. The number of hydrogen-bond donors (Lipinski definition) is 0. The Morgan fingerprint density at radius 2 is 0.816 bits per heavy atom. The van der Waals surface area contributed by atoms with Gasteiger partial charge in [0.1, 0.15) is 24.8 Å². The highest BCUT2D eigenvalue weighted by Crippen LogP contribution is 2.44. The van der Waals surface area contributed by atoms with Crippen molar-refractivity contribution in [2.45, 2.75) is 128 Å². The molecule has 0 fully saturated rings. The van der Waals surface area contributed by atoms with E-state index in [0.29, 0.717) is 63.3 Å². The maximum absolute atomic E-state index is 12.4. The third-order valence-corrected chi connectivity index (χ3v) is 9.45. The van der Waals surface area contributed by atoms with E-state index in [1.807, 2.05) is 42.5 Å². The van der Waals surface area contributed by atoms with Gasteiger partial charge in [-0.2, -0.15) is 0 Å². The van der Waals surface area contributed by atoms with Crippen molar-refractivity contribution in [2.24, 2.45) is 0 Å². The summed E-state index contributed by atoms with van der Waals surface area (Å²) >= 11 is 0. The van der Waals surface area contributed by atoms with Crippen LogP contribution in [-0.2, 0) is 35.3 Å². The molecule has 4 rings (SSSR count). The molecule has 6 nitrogen and oxygen atoms in total. The van der Waals surface area contributed by atoms with E-state index in [9.17, 15) is 19.2 Å². The second-order valence-corrected chi connectivity index (χ2v) is 13.4. The fourth-order valence-electron chi connectivity index (χ4n) is 6.64. The lowest BCUT2D eigenvalue weighted by molar-refractivity contribution is -0.145. The van der Waals surface area contributed by atoms with Crippen LogP contribution in [0.5, 0.6) is 0 Å². The van der Waals surface area contributed by atoms with E-state index in [1.54, 1.807) is 0 Å². The molecule has 3 aromatic rings. The number of Topliss-reactive ketones (excluding diaryl/α,β-unsaturated/α-hetero) is 2. The minimum Gasteiger partial charge on any atom is -0.465 e. The number of esters is 2. The minimum atomic E-state index is -0.165. The summed E-state index contributed by atoms with van der Waals surface area (Å²) in [6.45, 7) is 0.691. The Balaban J connectivity index is 0.902. The largest absolute Gasteiger partial charge is 0.465 e. The molecule has 0 bridgehead atoms. The lowest BCUT2D eigenvalue weighted by atomic mass is 9.98. The standard InChI is InChI=1S/C43H54O6/c44-35(24-12-3-5-14-30-42(46)48-32-34-20-8-7-9-21-34)22-10-1-2-11-23-36(45)25-13-4-6-15-31-43(47)49-33-41-39-28-18-16-26-37(39)38-27-17-19-29-40(38)41/h7-9,16-21,26-29,41H,1-6,10-15,22-25,30-33H2. The second-order valence-electron chi connectivity index (χ2n) is 13.4. The summed E-state index contributed by atoms with van der Waals surface area (Å²) in [4.78, 5) is 48.8. The Kier molecular flexibility index (Phi) is 16.8. The molecule has 0 saturated carbocycles. The number of fused-ring (bicyclic) bond motifs is 3. The van der Waals surface area contributed by atoms with E-state index in [1.165, 1.54) is 22.3 Å². The Morgan fingerprint density at radius 1 is 0.429 bits per heavy atom. The van der Waals surface area contributed by atoms with Gasteiger partial charge in [-0.3, -0.25) is 19.2 Å².